The van der Waals surface area contributed by atoms with Crippen molar-refractivity contribution in [1.82, 2.24) is 0 Å². The molecule has 0 amide bonds. The number of likely N-dealkylation sites (N-methyl/N-ethyl adjacent to an activating group) is 1. The molecule has 0 spiro atoms. The minimum absolute atomic E-state index is 0. The summed E-state index contributed by atoms with van der Waals surface area (Å²) in [5, 5.41) is 2.82. The molecule has 0 aliphatic heterocycles. The third-order valence-corrected chi connectivity index (χ3v) is 3.27. The molecule has 0 atom stereocenters. The number of guanidine groups is 1. The summed E-state index contributed by atoms with van der Waals surface area (Å²) >= 11 is 0. The van der Waals surface area contributed by atoms with Gasteiger partial charge in [0, 0.05) is 25.0 Å². The number of anilines is 2. The monoisotopic (exact) mass is 480 g/mol. The fraction of sp³-hybridized carbons (Fsp3) is 0.235. The first-order chi connectivity index (χ1) is 11.8. The van der Waals surface area contributed by atoms with Crippen molar-refractivity contribution in [2.24, 2.45) is 10.7 Å². The maximum Gasteiger partial charge on any atom is 0.573 e. The number of nitrogens with zero attached hydrogens (tertiary/aromatic N) is 2. The zero-order valence-electron chi connectivity index (χ0n) is 14.0. The number of aliphatic imine (C=N–C) groups is 1. The third kappa shape index (κ3) is 7.81. The number of hydrogen-bond donors (Lipinski definition) is 2. The van der Waals surface area contributed by atoms with Gasteiger partial charge >= 0.3 is 6.36 Å². The summed E-state index contributed by atoms with van der Waals surface area (Å²) in [7, 11) is 1.95. The lowest BCUT2D eigenvalue weighted by Crippen LogP contribution is -2.26. The highest BCUT2D eigenvalue weighted by Crippen LogP contribution is 2.23. The van der Waals surface area contributed by atoms with Crippen LogP contribution in [0.15, 0.2) is 59.6 Å². The Hall–Kier alpha value is -2.17. The van der Waals surface area contributed by atoms with Crippen LogP contribution in [0.2, 0.25) is 0 Å². The van der Waals surface area contributed by atoms with E-state index in [-0.39, 0.29) is 35.7 Å². The van der Waals surface area contributed by atoms with E-state index in [1.54, 1.807) is 0 Å². The van der Waals surface area contributed by atoms with E-state index in [9.17, 15) is 13.2 Å². The highest BCUT2D eigenvalue weighted by Gasteiger charge is 2.30. The average Bonchev–Trinajstić information content (AvgIpc) is 2.56. The first-order valence-electron chi connectivity index (χ1n) is 7.52. The number of para-hydroxylation sites is 1. The Balaban J connectivity index is 0.00000338. The summed E-state index contributed by atoms with van der Waals surface area (Å²) in [5.41, 5.74) is 7.37. The van der Waals surface area contributed by atoms with Crippen LogP contribution in [-0.4, -0.2) is 32.5 Å². The Kier molecular flexibility index (Phi) is 8.49. The third-order valence-electron chi connectivity index (χ3n) is 3.27. The Labute approximate surface area is 167 Å². The van der Waals surface area contributed by atoms with Crippen LogP contribution in [0.1, 0.15) is 0 Å². The average molecular weight is 480 g/mol. The van der Waals surface area contributed by atoms with E-state index in [0.717, 1.165) is 5.69 Å². The summed E-state index contributed by atoms with van der Waals surface area (Å²) in [6.07, 6.45) is -4.71. The summed E-state index contributed by atoms with van der Waals surface area (Å²) < 4.78 is 40.1. The van der Waals surface area contributed by atoms with E-state index in [0.29, 0.717) is 18.8 Å². The lowest BCUT2D eigenvalue weighted by molar-refractivity contribution is -0.274. The predicted octanol–water partition coefficient (Wildman–Crippen LogP) is 4.07. The van der Waals surface area contributed by atoms with Gasteiger partial charge in [-0.15, -0.1) is 37.1 Å². The van der Waals surface area contributed by atoms with Gasteiger partial charge in [-0.1, -0.05) is 18.2 Å². The highest BCUT2D eigenvalue weighted by atomic mass is 127. The molecule has 0 aliphatic rings. The highest BCUT2D eigenvalue weighted by molar-refractivity contribution is 14.0. The van der Waals surface area contributed by atoms with Crippen molar-refractivity contribution in [2.75, 3.05) is 30.4 Å². The number of alkyl halides is 3. The molecule has 0 radical (unpaired) electrons. The molecule has 5 nitrogen and oxygen atoms in total. The van der Waals surface area contributed by atoms with Crippen molar-refractivity contribution in [1.29, 1.82) is 0 Å². The van der Waals surface area contributed by atoms with Crippen LogP contribution in [0.3, 0.4) is 0 Å². The molecule has 0 fully saturated rings. The molecule has 0 bridgehead atoms. The van der Waals surface area contributed by atoms with Gasteiger partial charge in [-0.05, 0) is 36.4 Å². The van der Waals surface area contributed by atoms with Crippen molar-refractivity contribution < 1.29 is 17.9 Å². The van der Waals surface area contributed by atoms with Crippen molar-refractivity contribution in [3.05, 3.63) is 54.6 Å². The maximum absolute atomic E-state index is 12.1. The normalized spacial score (nSPS) is 11.5. The zero-order chi connectivity index (χ0) is 18.3. The molecule has 3 N–H and O–H groups in total. The topological polar surface area (TPSA) is 62.9 Å². The molecule has 2 aromatic rings. The van der Waals surface area contributed by atoms with Gasteiger partial charge in [0.1, 0.15) is 5.75 Å². The van der Waals surface area contributed by atoms with Gasteiger partial charge in [-0.25, -0.2) is 0 Å². The number of rotatable bonds is 6. The number of ether oxygens (including phenoxy) is 1. The molecule has 0 aliphatic carbocycles. The van der Waals surface area contributed by atoms with Gasteiger partial charge in [0.25, 0.3) is 0 Å². The van der Waals surface area contributed by atoms with Gasteiger partial charge in [0.15, 0.2) is 5.96 Å². The Morgan fingerprint density at radius 2 is 1.73 bits per heavy atom. The van der Waals surface area contributed by atoms with Gasteiger partial charge in [0.05, 0.1) is 6.54 Å². The van der Waals surface area contributed by atoms with E-state index < -0.39 is 6.36 Å². The van der Waals surface area contributed by atoms with Crippen molar-refractivity contribution in [3.63, 3.8) is 0 Å². The van der Waals surface area contributed by atoms with Crippen LogP contribution in [0.25, 0.3) is 0 Å². The number of nitrogens with two attached hydrogens (primary N) is 1. The van der Waals surface area contributed by atoms with Gasteiger partial charge in [-0.2, -0.15) is 0 Å². The fourth-order valence-electron chi connectivity index (χ4n) is 2.06. The van der Waals surface area contributed by atoms with E-state index in [1.807, 2.05) is 42.3 Å². The molecular formula is C17H20F3IN4O. The largest absolute Gasteiger partial charge is 0.573 e. The van der Waals surface area contributed by atoms with Crippen LogP contribution >= 0.6 is 24.0 Å². The standard InChI is InChI=1S/C17H19F3N4O.HI/c1-24(14-5-3-2-4-6-14)12-11-22-16(21)23-13-7-9-15(10-8-13)25-17(18,19)20;/h2-10H,11-12H2,1H3,(H3,21,22,23);1H. The zero-order valence-corrected chi connectivity index (χ0v) is 16.4. The molecule has 0 aromatic heterocycles. The summed E-state index contributed by atoms with van der Waals surface area (Å²) in [5.74, 6) is -0.107. The van der Waals surface area contributed by atoms with Crippen LogP contribution < -0.4 is 20.7 Å². The summed E-state index contributed by atoms with van der Waals surface area (Å²) in [6, 6.07) is 15.1. The van der Waals surface area contributed by atoms with E-state index in [2.05, 4.69) is 15.0 Å². The molecule has 26 heavy (non-hydrogen) atoms. The maximum atomic E-state index is 12.1. The van der Waals surface area contributed by atoms with Crippen LogP contribution in [-0.2, 0) is 0 Å². The first kappa shape index (κ1) is 21.9. The predicted molar refractivity (Wildman–Crippen MR) is 108 cm³/mol. The lowest BCUT2D eigenvalue weighted by Gasteiger charge is -2.18. The van der Waals surface area contributed by atoms with Crippen LogP contribution in [0, 0.1) is 0 Å². The molecule has 0 saturated heterocycles. The van der Waals surface area contributed by atoms with Crippen molar-refractivity contribution in [3.8, 4) is 5.75 Å². The fourth-order valence-corrected chi connectivity index (χ4v) is 2.06. The minimum Gasteiger partial charge on any atom is -0.406 e. The van der Waals surface area contributed by atoms with E-state index >= 15 is 0 Å². The molecule has 142 valence electrons. The van der Waals surface area contributed by atoms with Crippen molar-refractivity contribution in [2.45, 2.75) is 6.36 Å². The molecule has 2 rings (SSSR count). The Morgan fingerprint density at radius 3 is 2.31 bits per heavy atom. The second-order valence-electron chi connectivity index (χ2n) is 5.22. The summed E-state index contributed by atoms with van der Waals surface area (Å²) in [6.45, 7) is 1.14. The Bertz CT molecular complexity index is 693. The SMILES string of the molecule is CN(CCN=C(N)Nc1ccc(OC(F)(F)F)cc1)c1ccccc1.I. The van der Waals surface area contributed by atoms with Crippen molar-refractivity contribution >= 4 is 41.3 Å². The van der Waals surface area contributed by atoms with Gasteiger partial charge < -0.3 is 20.7 Å². The number of hydrogen-bond acceptors (Lipinski definition) is 3. The number of halogens is 4. The quantitative estimate of drug-likeness (QED) is 0.372. The molecule has 0 saturated carbocycles. The molecule has 0 heterocycles. The molecule has 2 aromatic carbocycles. The van der Waals surface area contributed by atoms with E-state index in [4.69, 9.17) is 5.73 Å². The second kappa shape index (κ2) is 10.1. The summed E-state index contributed by atoms with van der Waals surface area (Å²) in [4.78, 5) is 6.24. The first-order valence-corrected chi connectivity index (χ1v) is 7.52. The van der Waals surface area contributed by atoms with Crippen LogP contribution in [0.5, 0.6) is 5.75 Å². The molecule has 0 unspecified atom stereocenters. The van der Waals surface area contributed by atoms with Crippen LogP contribution in [0.4, 0.5) is 24.5 Å². The van der Waals surface area contributed by atoms with Gasteiger partial charge in [-0.3, -0.25) is 4.99 Å². The lowest BCUT2D eigenvalue weighted by atomic mass is 10.3. The van der Waals surface area contributed by atoms with E-state index in [1.165, 1.54) is 24.3 Å². The Morgan fingerprint density at radius 1 is 1.12 bits per heavy atom. The van der Waals surface area contributed by atoms with Gasteiger partial charge in [0.2, 0.25) is 0 Å². The second-order valence-corrected chi connectivity index (χ2v) is 5.22. The minimum atomic E-state index is -4.71. The molecule has 9 heteroatoms. The number of nitrogens with one attached hydrogen (secondary N) is 1. The molecular weight excluding hydrogens is 460 g/mol. The smallest absolute Gasteiger partial charge is 0.406 e. The number of benzene rings is 2.